The highest BCUT2D eigenvalue weighted by molar-refractivity contribution is 5.54. The average Bonchev–Trinajstić information content (AvgIpc) is 3.33. The second-order valence-corrected chi connectivity index (χ2v) is 6.91. The number of halogens is 4. The van der Waals surface area contributed by atoms with Crippen molar-refractivity contribution in [3.05, 3.63) is 71.6 Å². The molecule has 0 amide bonds. The SMILES string of the molecule is Cc1ccc(Cn2cnc(-c3cc(C4NNNC4C(F)(F)F)ccn3)c2)c(F)c1. The van der Waals surface area contributed by atoms with Crippen molar-refractivity contribution < 1.29 is 17.6 Å². The van der Waals surface area contributed by atoms with Crippen LogP contribution >= 0.6 is 0 Å². The van der Waals surface area contributed by atoms with Gasteiger partial charge in [-0.15, -0.1) is 0 Å². The van der Waals surface area contributed by atoms with Gasteiger partial charge in [0, 0.05) is 18.0 Å². The third kappa shape index (κ3) is 4.14. The molecule has 0 spiro atoms. The molecule has 29 heavy (non-hydrogen) atoms. The van der Waals surface area contributed by atoms with E-state index in [1.165, 1.54) is 18.3 Å². The number of imidazole rings is 1. The monoisotopic (exact) mass is 406 g/mol. The van der Waals surface area contributed by atoms with Gasteiger partial charge in [-0.25, -0.2) is 20.2 Å². The molecule has 1 fully saturated rings. The number of nitrogens with zero attached hydrogens (tertiary/aromatic N) is 3. The summed E-state index contributed by atoms with van der Waals surface area (Å²) < 4.78 is 55.3. The molecule has 3 N–H and O–H groups in total. The number of rotatable bonds is 4. The topological polar surface area (TPSA) is 66.8 Å². The van der Waals surface area contributed by atoms with E-state index >= 15 is 0 Å². The van der Waals surface area contributed by atoms with Crippen LogP contribution in [0.4, 0.5) is 17.6 Å². The molecule has 0 aliphatic carbocycles. The van der Waals surface area contributed by atoms with Gasteiger partial charge in [-0.3, -0.25) is 4.98 Å². The number of benzene rings is 1. The lowest BCUT2D eigenvalue weighted by atomic mass is 10.0. The van der Waals surface area contributed by atoms with Crippen molar-refractivity contribution in [1.82, 2.24) is 30.9 Å². The lowest BCUT2D eigenvalue weighted by Gasteiger charge is -2.21. The Kier molecular flexibility index (Phi) is 5.07. The maximum Gasteiger partial charge on any atom is 0.407 e. The minimum absolute atomic E-state index is 0.285. The first-order chi connectivity index (χ1) is 13.8. The van der Waals surface area contributed by atoms with Gasteiger partial charge in [0.15, 0.2) is 0 Å². The summed E-state index contributed by atoms with van der Waals surface area (Å²) in [6.45, 7) is 2.10. The minimum Gasteiger partial charge on any atom is -0.332 e. The van der Waals surface area contributed by atoms with Crippen LogP contribution in [0.15, 0.2) is 49.1 Å². The second kappa shape index (κ2) is 7.54. The maximum absolute atomic E-state index is 14.1. The smallest absolute Gasteiger partial charge is 0.332 e. The molecule has 152 valence electrons. The molecule has 10 heteroatoms. The fraction of sp³-hybridized carbons (Fsp3) is 0.263. The van der Waals surface area contributed by atoms with Crippen molar-refractivity contribution in [2.24, 2.45) is 0 Å². The fourth-order valence-electron chi connectivity index (χ4n) is 3.25. The van der Waals surface area contributed by atoms with Crippen molar-refractivity contribution in [2.75, 3.05) is 0 Å². The number of hydrogen-bond acceptors (Lipinski definition) is 5. The predicted molar refractivity (Wildman–Crippen MR) is 97.7 cm³/mol. The van der Waals surface area contributed by atoms with Crippen molar-refractivity contribution in [2.45, 2.75) is 31.7 Å². The molecule has 1 aliphatic heterocycles. The van der Waals surface area contributed by atoms with E-state index in [-0.39, 0.29) is 12.4 Å². The molecule has 1 aromatic carbocycles. The van der Waals surface area contributed by atoms with E-state index in [0.29, 0.717) is 22.5 Å². The summed E-state index contributed by atoms with van der Waals surface area (Å²) in [5, 5.41) is 0. The highest BCUT2D eigenvalue weighted by Gasteiger charge is 2.48. The van der Waals surface area contributed by atoms with Gasteiger partial charge in [0.05, 0.1) is 24.6 Å². The van der Waals surface area contributed by atoms with E-state index in [1.807, 2.05) is 13.0 Å². The summed E-state index contributed by atoms with van der Waals surface area (Å²) in [6, 6.07) is 5.30. The van der Waals surface area contributed by atoms with Gasteiger partial charge in [0.25, 0.3) is 0 Å². The molecule has 2 atom stereocenters. The molecule has 0 bridgehead atoms. The summed E-state index contributed by atoms with van der Waals surface area (Å²) in [5.41, 5.74) is 9.77. The Labute approximate surface area is 163 Å². The largest absolute Gasteiger partial charge is 0.407 e. The third-order valence-electron chi connectivity index (χ3n) is 4.74. The Balaban J connectivity index is 1.56. The lowest BCUT2D eigenvalue weighted by molar-refractivity contribution is -0.156. The summed E-state index contributed by atoms with van der Waals surface area (Å²) in [4.78, 5) is 8.49. The van der Waals surface area contributed by atoms with E-state index in [9.17, 15) is 17.6 Å². The molecule has 2 aromatic heterocycles. The summed E-state index contributed by atoms with van der Waals surface area (Å²) in [6.07, 6.45) is 0.241. The van der Waals surface area contributed by atoms with Crippen LogP contribution in [-0.2, 0) is 6.54 Å². The molecule has 3 aromatic rings. The van der Waals surface area contributed by atoms with Crippen molar-refractivity contribution in [3.8, 4) is 11.4 Å². The van der Waals surface area contributed by atoms with Crippen LogP contribution in [0.1, 0.15) is 22.7 Å². The van der Waals surface area contributed by atoms with E-state index in [2.05, 4.69) is 26.4 Å². The zero-order valence-corrected chi connectivity index (χ0v) is 15.3. The average molecular weight is 406 g/mol. The Bertz CT molecular complexity index is 1020. The van der Waals surface area contributed by atoms with Gasteiger partial charge in [-0.1, -0.05) is 12.1 Å². The number of hydrogen-bond donors (Lipinski definition) is 3. The van der Waals surface area contributed by atoms with Crippen molar-refractivity contribution in [1.29, 1.82) is 0 Å². The highest BCUT2D eigenvalue weighted by atomic mass is 19.4. The third-order valence-corrected chi connectivity index (χ3v) is 4.74. The Morgan fingerprint density at radius 2 is 1.90 bits per heavy atom. The number of hydrazine groups is 2. The van der Waals surface area contributed by atoms with Crippen molar-refractivity contribution >= 4 is 0 Å². The maximum atomic E-state index is 14.1. The number of nitrogens with one attached hydrogen (secondary N) is 3. The van der Waals surface area contributed by atoms with Crippen molar-refractivity contribution in [3.63, 3.8) is 0 Å². The Morgan fingerprint density at radius 3 is 2.66 bits per heavy atom. The quantitative estimate of drug-likeness (QED) is 0.582. The molecule has 4 rings (SSSR count). The Morgan fingerprint density at radius 1 is 1.07 bits per heavy atom. The molecule has 2 unspecified atom stereocenters. The van der Waals surface area contributed by atoms with Gasteiger partial charge >= 0.3 is 6.18 Å². The fourth-order valence-corrected chi connectivity index (χ4v) is 3.25. The van der Waals surface area contributed by atoms with Gasteiger partial charge in [0.2, 0.25) is 0 Å². The normalized spacial score (nSPS) is 19.6. The summed E-state index contributed by atoms with van der Waals surface area (Å²) >= 11 is 0. The zero-order chi connectivity index (χ0) is 20.6. The first kappa shape index (κ1) is 19.5. The van der Waals surface area contributed by atoms with Gasteiger partial charge in [0.1, 0.15) is 17.6 Å². The van der Waals surface area contributed by atoms with Crippen LogP contribution in [0.25, 0.3) is 11.4 Å². The van der Waals surface area contributed by atoms with Gasteiger partial charge in [-0.2, -0.15) is 18.7 Å². The molecular formula is C19H18F4N6. The number of pyridine rings is 1. The Hall–Kier alpha value is -2.82. The molecule has 3 heterocycles. The molecule has 0 radical (unpaired) electrons. The standard InChI is InChI=1S/C19H18F4N6/c1-11-2-3-13(14(20)6-11)8-29-9-16(25-10-29)15-7-12(4-5-24-15)17-18(19(21,22)23)27-28-26-17/h2-7,9-10,17-18,26-28H,8H2,1H3. The number of aryl methyl sites for hydroxylation is 1. The summed E-state index contributed by atoms with van der Waals surface area (Å²) in [5.74, 6) is -0.300. The minimum atomic E-state index is -4.43. The summed E-state index contributed by atoms with van der Waals surface area (Å²) in [7, 11) is 0. The van der Waals surface area contributed by atoms with Crippen LogP contribution in [0, 0.1) is 12.7 Å². The number of alkyl halides is 3. The molecule has 0 saturated carbocycles. The molecule has 1 saturated heterocycles. The second-order valence-electron chi connectivity index (χ2n) is 6.91. The predicted octanol–water partition coefficient (Wildman–Crippen LogP) is 3.03. The van der Waals surface area contributed by atoms with E-state index < -0.39 is 18.3 Å². The van der Waals surface area contributed by atoms with Crippen LogP contribution in [0.2, 0.25) is 0 Å². The molecular weight excluding hydrogens is 388 g/mol. The van der Waals surface area contributed by atoms with Gasteiger partial charge < -0.3 is 4.57 Å². The zero-order valence-electron chi connectivity index (χ0n) is 15.3. The van der Waals surface area contributed by atoms with E-state index in [0.717, 1.165) is 5.56 Å². The van der Waals surface area contributed by atoms with E-state index in [1.54, 1.807) is 29.2 Å². The van der Waals surface area contributed by atoms with Crippen LogP contribution in [0.5, 0.6) is 0 Å². The van der Waals surface area contributed by atoms with Crippen LogP contribution < -0.4 is 16.4 Å². The lowest BCUT2D eigenvalue weighted by Crippen LogP contribution is -2.43. The first-order valence-corrected chi connectivity index (χ1v) is 8.87. The molecule has 6 nitrogen and oxygen atoms in total. The van der Waals surface area contributed by atoms with E-state index in [4.69, 9.17) is 0 Å². The van der Waals surface area contributed by atoms with Crippen LogP contribution in [0.3, 0.4) is 0 Å². The van der Waals surface area contributed by atoms with Crippen LogP contribution in [-0.4, -0.2) is 26.8 Å². The number of aromatic nitrogens is 3. The van der Waals surface area contributed by atoms with Gasteiger partial charge in [-0.05, 0) is 36.2 Å². The highest BCUT2D eigenvalue weighted by Crippen LogP contribution is 2.32. The first-order valence-electron chi connectivity index (χ1n) is 8.87. The molecule has 1 aliphatic rings.